The van der Waals surface area contributed by atoms with Gasteiger partial charge in [-0.25, -0.2) is 5.48 Å². The van der Waals surface area contributed by atoms with E-state index in [0.717, 1.165) is 18.5 Å². The van der Waals surface area contributed by atoms with E-state index >= 15 is 0 Å². The Kier molecular flexibility index (Phi) is 6.29. The van der Waals surface area contributed by atoms with Gasteiger partial charge in [-0.05, 0) is 25.6 Å². The smallest absolute Gasteiger partial charge is 0.257 e. The number of benzene rings is 1. The molecule has 1 aromatic carbocycles. The summed E-state index contributed by atoms with van der Waals surface area (Å²) in [6, 6.07) is 9.73. The van der Waals surface area contributed by atoms with Crippen LogP contribution in [0.4, 0.5) is 0 Å². The Balaban J connectivity index is 2.16. The summed E-state index contributed by atoms with van der Waals surface area (Å²) in [5, 5.41) is 0. The second kappa shape index (κ2) is 7.81. The minimum atomic E-state index is -0.114. The molecule has 0 aliphatic heterocycles. The molecule has 4 heteroatoms. The number of hydrogen-bond donors (Lipinski definition) is 1. The molecular weight excluding hydrogens is 216 g/mol. The fraction of sp³-hybridized carbons (Fsp3) is 0.462. The van der Waals surface area contributed by atoms with Crippen LogP contribution in [0.5, 0.6) is 0 Å². The number of likely N-dealkylation sites (N-methyl/N-ethyl adjacent to an activating group) is 1. The first-order valence-electron chi connectivity index (χ1n) is 5.85. The van der Waals surface area contributed by atoms with Gasteiger partial charge in [0.05, 0.1) is 13.2 Å². The van der Waals surface area contributed by atoms with E-state index in [1.165, 1.54) is 0 Å². The molecule has 1 aromatic rings. The zero-order valence-electron chi connectivity index (χ0n) is 10.5. The van der Waals surface area contributed by atoms with Crippen molar-refractivity contribution in [2.24, 2.45) is 0 Å². The monoisotopic (exact) mass is 236 g/mol. The minimum absolute atomic E-state index is 0.114. The summed E-state index contributed by atoms with van der Waals surface area (Å²) >= 11 is 0. The number of carbonyl (C=O) groups excluding carboxylic acids is 1. The highest BCUT2D eigenvalue weighted by Crippen LogP contribution is 1.98. The molecule has 4 nitrogen and oxygen atoms in total. The molecule has 17 heavy (non-hydrogen) atoms. The van der Waals surface area contributed by atoms with Crippen LogP contribution in [0, 0.1) is 0 Å². The quantitative estimate of drug-likeness (QED) is 0.731. The molecule has 0 aromatic heterocycles. The maximum Gasteiger partial charge on any atom is 0.257 e. The van der Waals surface area contributed by atoms with Crippen molar-refractivity contribution >= 4 is 5.91 Å². The van der Waals surface area contributed by atoms with Crippen LogP contribution in [0.3, 0.4) is 0 Å². The van der Waals surface area contributed by atoms with Crippen LogP contribution in [-0.2, 0) is 16.2 Å². The van der Waals surface area contributed by atoms with E-state index in [0.29, 0.717) is 13.2 Å². The van der Waals surface area contributed by atoms with Gasteiger partial charge in [0.25, 0.3) is 5.91 Å². The fourth-order valence-electron chi connectivity index (χ4n) is 1.51. The first kappa shape index (κ1) is 13.7. The average Bonchev–Trinajstić information content (AvgIpc) is 2.30. The molecule has 0 fully saturated rings. The lowest BCUT2D eigenvalue weighted by Crippen LogP contribution is -2.35. The zero-order chi connectivity index (χ0) is 12.5. The van der Waals surface area contributed by atoms with E-state index in [-0.39, 0.29) is 5.91 Å². The molecule has 0 aliphatic rings. The number of amides is 1. The van der Waals surface area contributed by atoms with Crippen molar-refractivity contribution in [1.29, 1.82) is 0 Å². The van der Waals surface area contributed by atoms with Crippen molar-refractivity contribution in [1.82, 2.24) is 10.4 Å². The molecule has 0 saturated carbocycles. The topological polar surface area (TPSA) is 41.6 Å². The van der Waals surface area contributed by atoms with Crippen LogP contribution in [0.1, 0.15) is 18.9 Å². The molecule has 0 radical (unpaired) electrons. The van der Waals surface area contributed by atoms with Crippen molar-refractivity contribution in [3.8, 4) is 0 Å². The fourth-order valence-corrected chi connectivity index (χ4v) is 1.51. The molecule has 0 heterocycles. The average molecular weight is 236 g/mol. The van der Waals surface area contributed by atoms with E-state index in [4.69, 9.17) is 4.84 Å². The lowest BCUT2D eigenvalue weighted by Gasteiger charge is -2.14. The summed E-state index contributed by atoms with van der Waals surface area (Å²) in [5.74, 6) is -0.114. The predicted molar refractivity (Wildman–Crippen MR) is 67.2 cm³/mol. The lowest BCUT2D eigenvalue weighted by molar-refractivity contribution is -0.135. The number of rotatable bonds is 7. The van der Waals surface area contributed by atoms with Gasteiger partial charge in [-0.1, -0.05) is 37.3 Å². The Bertz CT molecular complexity index is 327. The van der Waals surface area contributed by atoms with Crippen LogP contribution < -0.4 is 5.48 Å². The molecule has 1 amide bonds. The predicted octanol–water partition coefficient (Wildman–Crippen LogP) is 1.58. The normalized spacial score (nSPS) is 10.5. The van der Waals surface area contributed by atoms with E-state index in [1.54, 1.807) is 0 Å². The molecule has 1 N–H and O–H groups in total. The highest BCUT2D eigenvalue weighted by molar-refractivity contribution is 5.76. The van der Waals surface area contributed by atoms with Crippen molar-refractivity contribution < 1.29 is 9.63 Å². The third-order valence-corrected chi connectivity index (χ3v) is 2.29. The van der Waals surface area contributed by atoms with Gasteiger partial charge in [0.1, 0.15) is 0 Å². The van der Waals surface area contributed by atoms with Gasteiger partial charge < -0.3 is 0 Å². The maximum atomic E-state index is 11.4. The van der Waals surface area contributed by atoms with Crippen LogP contribution in [0.15, 0.2) is 30.3 Å². The molecule has 0 saturated heterocycles. The zero-order valence-corrected chi connectivity index (χ0v) is 10.5. The molecular formula is C13H20N2O2. The number of hydroxylamine groups is 1. The summed E-state index contributed by atoms with van der Waals surface area (Å²) in [6.45, 7) is 3.75. The van der Waals surface area contributed by atoms with E-state index in [1.807, 2.05) is 42.3 Å². The lowest BCUT2D eigenvalue weighted by atomic mass is 10.2. The Morgan fingerprint density at radius 3 is 2.71 bits per heavy atom. The minimum Gasteiger partial charge on any atom is -0.298 e. The van der Waals surface area contributed by atoms with E-state index < -0.39 is 0 Å². The van der Waals surface area contributed by atoms with Gasteiger partial charge in [0.2, 0.25) is 0 Å². The van der Waals surface area contributed by atoms with Crippen LogP contribution >= 0.6 is 0 Å². The van der Waals surface area contributed by atoms with Gasteiger partial charge in [-0.2, -0.15) is 0 Å². The van der Waals surface area contributed by atoms with Gasteiger partial charge in [-0.3, -0.25) is 14.5 Å². The summed E-state index contributed by atoms with van der Waals surface area (Å²) in [6.07, 6.45) is 1.04. The summed E-state index contributed by atoms with van der Waals surface area (Å²) in [7, 11) is 1.92. The van der Waals surface area contributed by atoms with Crippen molar-refractivity contribution in [3.05, 3.63) is 35.9 Å². The largest absolute Gasteiger partial charge is 0.298 e. The van der Waals surface area contributed by atoms with Crippen molar-refractivity contribution in [2.45, 2.75) is 20.0 Å². The summed E-state index contributed by atoms with van der Waals surface area (Å²) in [4.78, 5) is 18.5. The van der Waals surface area contributed by atoms with E-state index in [2.05, 4.69) is 12.4 Å². The first-order valence-corrected chi connectivity index (χ1v) is 5.85. The highest BCUT2D eigenvalue weighted by atomic mass is 16.6. The molecule has 1 rings (SSSR count). The van der Waals surface area contributed by atoms with Crippen LogP contribution in [0.2, 0.25) is 0 Å². The van der Waals surface area contributed by atoms with Crippen molar-refractivity contribution in [2.75, 3.05) is 20.1 Å². The standard InChI is InChI=1S/C13H20N2O2/c1-3-9-15(2)10-13(16)14-17-11-12-7-5-4-6-8-12/h4-8H,3,9-11H2,1-2H3,(H,14,16). The Labute approximate surface area is 103 Å². The van der Waals surface area contributed by atoms with Gasteiger partial charge in [0.15, 0.2) is 0 Å². The van der Waals surface area contributed by atoms with Crippen molar-refractivity contribution in [3.63, 3.8) is 0 Å². The molecule has 0 atom stereocenters. The molecule has 94 valence electrons. The maximum absolute atomic E-state index is 11.4. The molecule has 0 bridgehead atoms. The first-order chi connectivity index (χ1) is 8.22. The highest BCUT2D eigenvalue weighted by Gasteiger charge is 2.05. The molecule has 0 spiro atoms. The number of carbonyl (C=O) groups is 1. The third-order valence-electron chi connectivity index (χ3n) is 2.29. The Hall–Kier alpha value is -1.39. The third kappa shape index (κ3) is 6.04. The SMILES string of the molecule is CCCN(C)CC(=O)NOCc1ccccc1. The molecule has 0 unspecified atom stereocenters. The Morgan fingerprint density at radius 2 is 2.06 bits per heavy atom. The second-order valence-corrected chi connectivity index (χ2v) is 4.04. The Morgan fingerprint density at radius 1 is 1.35 bits per heavy atom. The number of nitrogens with one attached hydrogen (secondary N) is 1. The second-order valence-electron chi connectivity index (χ2n) is 4.04. The van der Waals surface area contributed by atoms with Gasteiger partial charge >= 0.3 is 0 Å². The van der Waals surface area contributed by atoms with Gasteiger partial charge in [-0.15, -0.1) is 0 Å². The number of hydrogen-bond acceptors (Lipinski definition) is 3. The van der Waals surface area contributed by atoms with Crippen LogP contribution in [-0.4, -0.2) is 30.9 Å². The van der Waals surface area contributed by atoms with E-state index in [9.17, 15) is 4.79 Å². The summed E-state index contributed by atoms with van der Waals surface area (Å²) < 4.78 is 0. The van der Waals surface area contributed by atoms with Gasteiger partial charge in [0, 0.05) is 0 Å². The molecule has 0 aliphatic carbocycles. The van der Waals surface area contributed by atoms with Crippen LogP contribution in [0.25, 0.3) is 0 Å². The summed E-state index contributed by atoms with van der Waals surface area (Å²) in [5.41, 5.74) is 3.48. The number of nitrogens with zero attached hydrogens (tertiary/aromatic N) is 1.